The number of benzene rings is 2. The molecule has 0 aliphatic heterocycles. The number of hydrogen-bond donors (Lipinski definition) is 1. The van der Waals surface area contributed by atoms with Gasteiger partial charge in [0, 0.05) is 10.6 Å². The molecule has 18 heavy (non-hydrogen) atoms. The summed E-state index contributed by atoms with van der Waals surface area (Å²) in [6, 6.07) is 15.6. The predicted octanol–water partition coefficient (Wildman–Crippen LogP) is 4.12. The summed E-state index contributed by atoms with van der Waals surface area (Å²) in [7, 11) is 0. The molecular weight excluding hydrogens is 248 g/mol. The molecule has 0 fully saturated rings. The van der Waals surface area contributed by atoms with Crippen molar-refractivity contribution >= 4 is 23.0 Å². The summed E-state index contributed by atoms with van der Waals surface area (Å²) in [6.07, 6.45) is 0.832. The van der Waals surface area contributed by atoms with E-state index in [-0.39, 0.29) is 11.4 Å². The number of carbonyl (C=O) groups is 1. The number of ketones is 1. The van der Waals surface area contributed by atoms with Gasteiger partial charge in [0.25, 0.3) is 0 Å². The summed E-state index contributed by atoms with van der Waals surface area (Å²) in [5.74, 6) is -0.222. The first-order valence-electron chi connectivity index (χ1n) is 5.42. The molecule has 0 unspecified atom stereocenters. The Morgan fingerprint density at radius 1 is 0.944 bits per heavy atom. The van der Waals surface area contributed by atoms with Gasteiger partial charge in [-0.05, 0) is 17.7 Å². The van der Waals surface area contributed by atoms with Crippen LogP contribution in [-0.2, 0) is 0 Å². The Kier molecular flexibility index (Phi) is 3.80. The normalized spacial score (nSPS) is 11.3. The highest BCUT2D eigenvalue weighted by molar-refractivity contribution is 6.31. The summed E-state index contributed by atoms with van der Waals surface area (Å²) in [5.41, 5.74) is 1.42. The average molecular weight is 259 g/mol. The maximum Gasteiger partial charge on any atom is 0.196 e. The van der Waals surface area contributed by atoms with E-state index in [1.165, 1.54) is 0 Å². The lowest BCUT2D eigenvalue weighted by Crippen LogP contribution is -2.02. The van der Waals surface area contributed by atoms with Crippen molar-refractivity contribution < 1.29 is 9.90 Å². The van der Waals surface area contributed by atoms with Crippen LogP contribution in [0, 0.1) is 0 Å². The molecule has 0 spiro atoms. The lowest BCUT2D eigenvalue weighted by molar-refractivity contribution is 0.105. The van der Waals surface area contributed by atoms with Crippen LogP contribution in [0.15, 0.2) is 60.9 Å². The molecule has 2 aromatic rings. The van der Waals surface area contributed by atoms with Crippen LogP contribution in [-0.4, -0.2) is 10.9 Å². The fourth-order valence-electron chi connectivity index (χ4n) is 1.64. The number of aliphatic hydroxyl groups is 1. The van der Waals surface area contributed by atoms with Crippen molar-refractivity contribution in [3.63, 3.8) is 0 Å². The van der Waals surface area contributed by atoms with Crippen molar-refractivity contribution in [1.29, 1.82) is 0 Å². The third-order valence-electron chi connectivity index (χ3n) is 2.56. The molecule has 90 valence electrons. The van der Waals surface area contributed by atoms with E-state index in [1.54, 1.807) is 48.5 Å². The van der Waals surface area contributed by atoms with E-state index in [4.69, 9.17) is 11.6 Å². The van der Waals surface area contributed by atoms with E-state index in [0.29, 0.717) is 16.1 Å². The fraction of sp³-hybridized carbons (Fsp3) is 0. The molecule has 0 saturated carbocycles. The van der Waals surface area contributed by atoms with Gasteiger partial charge in [-0.1, -0.05) is 54.1 Å². The smallest absolute Gasteiger partial charge is 0.196 e. The minimum absolute atomic E-state index is 0.222. The molecule has 0 radical (unpaired) electrons. The maximum atomic E-state index is 12.2. The summed E-state index contributed by atoms with van der Waals surface area (Å²) in [6.45, 7) is 0. The lowest BCUT2D eigenvalue weighted by Gasteiger charge is -2.05. The van der Waals surface area contributed by atoms with Crippen molar-refractivity contribution in [3.8, 4) is 0 Å². The van der Waals surface area contributed by atoms with Crippen LogP contribution in [0.1, 0.15) is 15.9 Å². The Morgan fingerprint density at radius 2 is 1.56 bits per heavy atom. The zero-order valence-corrected chi connectivity index (χ0v) is 10.3. The molecule has 2 rings (SSSR count). The fourth-order valence-corrected chi connectivity index (χ4v) is 1.76. The zero-order valence-electron chi connectivity index (χ0n) is 9.51. The molecule has 0 aliphatic carbocycles. The minimum Gasteiger partial charge on any atom is -0.515 e. The molecule has 0 atom stereocenters. The van der Waals surface area contributed by atoms with Gasteiger partial charge in [-0.15, -0.1) is 0 Å². The molecule has 0 bridgehead atoms. The summed E-state index contributed by atoms with van der Waals surface area (Å²) in [4.78, 5) is 12.2. The zero-order chi connectivity index (χ0) is 13.0. The second-order valence-corrected chi connectivity index (χ2v) is 4.18. The van der Waals surface area contributed by atoms with Gasteiger partial charge in [0.2, 0.25) is 0 Å². The number of rotatable bonds is 3. The number of aliphatic hydroxyl groups excluding tert-OH is 1. The third kappa shape index (κ3) is 2.60. The van der Waals surface area contributed by atoms with E-state index >= 15 is 0 Å². The number of carbonyl (C=O) groups excluding carboxylic acids is 1. The van der Waals surface area contributed by atoms with Crippen molar-refractivity contribution in [1.82, 2.24) is 0 Å². The van der Waals surface area contributed by atoms with E-state index < -0.39 is 0 Å². The Labute approximate surface area is 110 Å². The van der Waals surface area contributed by atoms with Crippen molar-refractivity contribution in [3.05, 3.63) is 77.0 Å². The number of Topliss-reactive ketones (excluding diaryl/α,β-unsaturated/α-hetero) is 1. The molecule has 0 saturated heterocycles. The van der Waals surface area contributed by atoms with Crippen LogP contribution < -0.4 is 0 Å². The van der Waals surface area contributed by atoms with Gasteiger partial charge in [0.05, 0.1) is 11.8 Å². The first-order chi connectivity index (χ1) is 8.72. The molecule has 2 aromatic carbocycles. The highest BCUT2D eigenvalue weighted by atomic mass is 35.5. The quantitative estimate of drug-likeness (QED) is 0.511. The van der Waals surface area contributed by atoms with Crippen LogP contribution in [0.25, 0.3) is 5.57 Å². The Bertz CT molecular complexity index is 571. The topological polar surface area (TPSA) is 37.3 Å². The standard InChI is InChI=1S/C15H11ClO2/c16-13-8-6-11(7-9-13)14(10-17)15(18)12-4-2-1-3-5-12/h1-10,17H/b14-10+. The Morgan fingerprint density at radius 3 is 2.11 bits per heavy atom. The van der Waals surface area contributed by atoms with Gasteiger partial charge in [0.1, 0.15) is 0 Å². The Balaban J connectivity index is 2.36. The molecule has 0 aromatic heterocycles. The van der Waals surface area contributed by atoms with Crippen LogP contribution in [0.5, 0.6) is 0 Å². The highest BCUT2D eigenvalue weighted by Gasteiger charge is 2.14. The predicted molar refractivity (Wildman–Crippen MR) is 72.8 cm³/mol. The first kappa shape index (κ1) is 12.4. The van der Waals surface area contributed by atoms with Gasteiger partial charge in [-0.25, -0.2) is 0 Å². The molecule has 3 heteroatoms. The monoisotopic (exact) mass is 258 g/mol. The van der Waals surface area contributed by atoms with Gasteiger partial charge >= 0.3 is 0 Å². The largest absolute Gasteiger partial charge is 0.515 e. The molecular formula is C15H11ClO2. The second kappa shape index (κ2) is 5.52. The lowest BCUT2D eigenvalue weighted by atomic mass is 9.98. The number of allylic oxidation sites excluding steroid dienone is 1. The van der Waals surface area contributed by atoms with Crippen molar-refractivity contribution in [2.75, 3.05) is 0 Å². The molecule has 0 aliphatic rings. The van der Waals surface area contributed by atoms with E-state index in [9.17, 15) is 9.90 Å². The summed E-state index contributed by atoms with van der Waals surface area (Å²) < 4.78 is 0. The summed E-state index contributed by atoms with van der Waals surface area (Å²) in [5, 5.41) is 9.85. The van der Waals surface area contributed by atoms with Crippen LogP contribution in [0.4, 0.5) is 0 Å². The highest BCUT2D eigenvalue weighted by Crippen LogP contribution is 2.21. The SMILES string of the molecule is O=C(/C(=C/O)c1ccc(Cl)cc1)c1ccccc1. The van der Waals surface area contributed by atoms with E-state index in [0.717, 1.165) is 6.26 Å². The summed E-state index contributed by atoms with van der Waals surface area (Å²) >= 11 is 5.79. The van der Waals surface area contributed by atoms with Gasteiger partial charge in [-0.2, -0.15) is 0 Å². The van der Waals surface area contributed by atoms with E-state index in [1.807, 2.05) is 6.07 Å². The molecule has 0 amide bonds. The van der Waals surface area contributed by atoms with Crippen LogP contribution in [0.2, 0.25) is 5.02 Å². The third-order valence-corrected chi connectivity index (χ3v) is 2.82. The van der Waals surface area contributed by atoms with Gasteiger partial charge in [-0.3, -0.25) is 4.79 Å². The first-order valence-corrected chi connectivity index (χ1v) is 5.80. The van der Waals surface area contributed by atoms with Gasteiger partial charge < -0.3 is 5.11 Å². The van der Waals surface area contributed by atoms with E-state index in [2.05, 4.69) is 0 Å². The maximum absolute atomic E-state index is 12.2. The second-order valence-electron chi connectivity index (χ2n) is 3.74. The molecule has 2 nitrogen and oxygen atoms in total. The average Bonchev–Trinajstić information content (AvgIpc) is 2.42. The minimum atomic E-state index is -0.222. The van der Waals surface area contributed by atoms with Crippen LogP contribution in [0.3, 0.4) is 0 Å². The Hall–Kier alpha value is -2.06. The molecule has 0 heterocycles. The van der Waals surface area contributed by atoms with Gasteiger partial charge in [0.15, 0.2) is 5.78 Å². The number of hydrogen-bond acceptors (Lipinski definition) is 2. The molecule has 1 N–H and O–H groups in total. The van der Waals surface area contributed by atoms with Crippen LogP contribution >= 0.6 is 11.6 Å². The van der Waals surface area contributed by atoms with Crippen molar-refractivity contribution in [2.45, 2.75) is 0 Å². The van der Waals surface area contributed by atoms with Crippen molar-refractivity contribution in [2.24, 2.45) is 0 Å². The number of halogens is 1.